The number of hydrogen-bond donors (Lipinski definition) is 2. The van der Waals surface area contributed by atoms with Crippen LogP contribution in [-0.2, 0) is 13.0 Å². The number of rotatable bonds is 8. The highest BCUT2D eigenvalue weighted by Crippen LogP contribution is 2.07. The van der Waals surface area contributed by atoms with Gasteiger partial charge in [-0.1, -0.05) is 25.9 Å². The molecule has 5 nitrogen and oxygen atoms in total. The van der Waals surface area contributed by atoms with Gasteiger partial charge < -0.3 is 15.2 Å². The van der Waals surface area contributed by atoms with Gasteiger partial charge in [-0.15, -0.1) is 24.0 Å². The van der Waals surface area contributed by atoms with Gasteiger partial charge in [0.15, 0.2) is 11.7 Å². The first kappa shape index (κ1) is 21.2. The second kappa shape index (κ2) is 11.7. The molecule has 0 saturated heterocycles. The van der Waals surface area contributed by atoms with E-state index in [0.717, 1.165) is 42.7 Å². The molecule has 1 rings (SSSR count). The Morgan fingerprint density at radius 2 is 2.00 bits per heavy atom. The van der Waals surface area contributed by atoms with Gasteiger partial charge in [0.1, 0.15) is 6.54 Å². The summed E-state index contributed by atoms with van der Waals surface area (Å²) in [5.41, 5.74) is 0.975. The maximum Gasteiger partial charge on any atom is 0.191 e. The van der Waals surface area contributed by atoms with Gasteiger partial charge >= 0.3 is 0 Å². The van der Waals surface area contributed by atoms with Gasteiger partial charge in [0.2, 0.25) is 0 Å². The van der Waals surface area contributed by atoms with Crippen molar-refractivity contribution in [1.82, 2.24) is 15.8 Å². The first-order valence-corrected chi connectivity index (χ1v) is 8.04. The van der Waals surface area contributed by atoms with Crippen LogP contribution in [0.1, 0.15) is 58.9 Å². The van der Waals surface area contributed by atoms with Crippen LogP contribution in [0.15, 0.2) is 15.6 Å². The third-order valence-corrected chi connectivity index (χ3v) is 3.27. The summed E-state index contributed by atoms with van der Waals surface area (Å²) < 4.78 is 5.26. The van der Waals surface area contributed by atoms with Crippen molar-refractivity contribution in [3.63, 3.8) is 0 Å². The molecule has 0 bridgehead atoms. The average Bonchev–Trinajstić information content (AvgIpc) is 2.91. The summed E-state index contributed by atoms with van der Waals surface area (Å²) >= 11 is 0. The van der Waals surface area contributed by atoms with Crippen LogP contribution in [-0.4, -0.2) is 23.7 Å². The molecule has 0 spiro atoms. The predicted octanol–water partition coefficient (Wildman–Crippen LogP) is 3.73. The van der Waals surface area contributed by atoms with Gasteiger partial charge in [-0.2, -0.15) is 0 Å². The van der Waals surface area contributed by atoms with Crippen LogP contribution in [0, 0.1) is 5.92 Å². The number of aryl methyl sites for hydroxylation is 1. The van der Waals surface area contributed by atoms with Crippen LogP contribution in [0.5, 0.6) is 0 Å². The van der Waals surface area contributed by atoms with E-state index in [1.54, 1.807) is 0 Å². The first-order chi connectivity index (χ1) is 10.0. The molecule has 0 saturated carbocycles. The van der Waals surface area contributed by atoms with Crippen LogP contribution in [0.2, 0.25) is 0 Å². The van der Waals surface area contributed by atoms with Gasteiger partial charge in [-0.3, -0.25) is 0 Å². The molecule has 2 N–H and O–H groups in total. The van der Waals surface area contributed by atoms with Crippen molar-refractivity contribution in [3.05, 3.63) is 17.5 Å². The zero-order chi connectivity index (χ0) is 15.7. The van der Waals surface area contributed by atoms with E-state index >= 15 is 0 Å². The molecule has 0 aliphatic carbocycles. The van der Waals surface area contributed by atoms with Gasteiger partial charge in [-0.05, 0) is 39.0 Å². The number of guanidine groups is 1. The highest BCUT2D eigenvalue weighted by atomic mass is 127. The Hall–Kier alpha value is -0.790. The molecular formula is C16H31IN4O. The van der Waals surface area contributed by atoms with Crippen molar-refractivity contribution in [1.29, 1.82) is 0 Å². The Labute approximate surface area is 151 Å². The zero-order valence-electron chi connectivity index (χ0n) is 14.5. The third-order valence-electron chi connectivity index (χ3n) is 3.27. The molecule has 0 aliphatic rings. The van der Waals surface area contributed by atoms with Crippen molar-refractivity contribution in [3.8, 4) is 0 Å². The second-order valence-corrected chi connectivity index (χ2v) is 5.85. The van der Waals surface area contributed by atoms with Crippen molar-refractivity contribution in [2.45, 2.75) is 66.5 Å². The third kappa shape index (κ3) is 8.60. The number of nitrogens with zero attached hydrogens (tertiary/aromatic N) is 2. The van der Waals surface area contributed by atoms with Crippen molar-refractivity contribution < 1.29 is 4.52 Å². The minimum absolute atomic E-state index is 0. The quantitative estimate of drug-likeness (QED) is 0.381. The van der Waals surface area contributed by atoms with E-state index in [1.165, 1.54) is 6.42 Å². The maximum atomic E-state index is 5.26. The molecule has 6 heteroatoms. The summed E-state index contributed by atoms with van der Waals surface area (Å²) in [6.07, 6.45) is 3.25. The summed E-state index contributed by atoms with van der Waals surface area (Å²) in [5, 5.41) is 10.7. The fourth-order valence-corrected chi connectivity index (χ4v) is 1.96. The smallest absolute Gasteiger partial charge is 0.191 e. The predicted molar refractivity (Wildman–Crippen MR) is 103 cm³/mol. The normalized spacial score (nSPS) is 12.9. The van der Waals surface area contributed by atoms with Crippen LogP contribution in [0.3, 0.4) is 0 Å². The van der Waals surface area contributed by atoms with Gasteiger partial charge in [0.05, 0.1) is 5.69 Å². The van der Waals surface area contributed by atoms with E-state index in [9.17, 15) is 0 Å². The summed E-state index contributed by atoms with van der Waals surface area (Å²) in [6.45, 7) is 12.2. The standard InChI is InChI=1S/C16H30N4O.HI/c1-6-14-10-15(21-20-14)11-18-16(17-7-2)19-13(5)9-8-12(3)4;/h10,12-13H,6-9,11H2,1-5H3,(H2,17,18,19);1H. The molecule has 0 fully saturated rings. The molecule has 0 amide bonds. The fourth-order valence-electron chi connectivity index (χ4n) is 1.96. The van der Waals surface area contributed by atoms with Crippen LogP contribution >= 0.6 is 24.0 Å². The van der Waals surface area contributed by atoms with Crippen LogP contribution < -0.4 is 10.6 Å². The Bertz CT molecular complexity index is 432. The Morgan fingerprint density at radius 3 is 2.55 bits per heavy atom. The van der Waals surface area contributed by atoms with E-state index in [-0.39, 0.29) is 24.0 Å². The molecule has 1 unspecified atom stereocenters. The number of nitrogens with one attached hydrogen (secondary N) is 2. The molecule has 1 atom stereocenters. The maximum absolute atomic E-state index is 5.26. The fraction of sp³-hybridized carbons (Fsp3) is 0.750. The molecule has 0 radical (unpaired) electrons. The van der Waals surface area contributed by atoms with Crippen molar-refractivity contribution in [2.75, 3.05) is 6.54 Å². The molecule has 128 valence electrons. The minimum Gasteiger partial charge on any atom is -0.359 e. The topological polar surface area (TPSA) is 62.5 Å². The number of halogens is 1. The molecule has 1 heterocycles. The van der Waals surface area contributed by atoms with E-state index in [1.807, 2.05) is 6.07 Å². The largest absolute Gasteiger partial charge is 0.359 e. The van der Waals surface area contributed by atoms with E-state index < -0.39 is 0 Å². The van der Waals surface area contributed by atoms with Crippen LogP contribution in [0.4, 0.5) is 0 Å². The lowest BCUT2D eigenvalue weighted by Crippen LogP contribution is -2.42. The van der Waals surface area contributed by atoms with E-state index in [4.69, 9.17) is 4.52 Å². The summed E-state index contributed by atoms with van der Waals surface area (Å²) in [5.74, 6) is 2.37. The van der Waals surface area contributed by atoms with Crippen molar-refractivity contribution >= 4 is 29.9 Å². The van der Waals surface area contributed by atoms with E-state index in [0.29, 0.717) is 12.6 Å². The summed E-state index contributed by atoms with van der Waals surface area (Å²) in [6, 6.07) is 2.38. The molecule has 1 aromatic rings. The molecule has 1 aromatic heterocycles. The molecule has 22 heavy (non-hydrogen) atoms. The highest BCUT2D eigenvalue weighted by Gasteiger charge is 2.07. The van der Waals surface area contributed by atoms with Gasteiger partial charge in [0.25, 0.3) is 0 Å². The van der Waals surface area contributed by atoms with Gasteiger partial charge in [-0.25, -0.2) is 4.99 Å². The molecule has 0 aliphatic heterocycles. The lowest BCUT2D eigenvalue weighted by molar-refractivity contribution is 0.379. The SMILES string of the molecule is CCNC(=NCc1cc(CC)no1)NC(C)CCC(C)C.I. The van der Waals surface area contributed by atoms with E-state index in [2.05, 4.69) is 55.4 Å². The second-order valence-electron chi connectivity index (χ2n) is 5.85. The lowest BCUT2D eigenvalue weighted by Gasteiger charge is -2.18. The lowest BCUT2D eigenvalue weighted by atomic mass is 10.0. The van der Waals surface area contributed by atoms with Crippen molar-refractivity contribution in [2.24, 2.45) is 10.9 Å². The van der Waals surface area contributed by atoms with Crippen LogP contribution in [0.25, 0.3) is 0 Å². The molecule has 0 aromatic carbocycles. The molecular weight excluding hydrogens is 391 g/mol. The zero-order valence-corrected chi connectivity index (χ0v) is 16.8. The Morgan fingerprint density at radius 1 is 1.27 bits per heavy atom. The monoisotopic (exact) mass is 422 g/mol. The number of hydrogen-bond acceptors (Lipinski definition) is 3. The Balaban J connectivity index is 0.00000441. The van der Waals surface area contributed by atoms with Gasteiger partial charge in [0, 0.05) is 18.7 Å². The number of aliphatic imine (C=N–C) groups is 1. The summed E-state index contributed by atoms with van der Waals surface area (Å²) in [4.78, 5) is 4.56. The minimum atomic E-state index is 0. The average molecular weight is 422 g/mol. The first-order valence-electron chi connectivity index (χ1n) is 8.04. The highest BCUT2D eigenvalue weighted by molar-refractivity contribution is 14.0. The Kier molecular flexibility index (Phi) is 11.3. The summed E-state index contributed by atoms with van der Waals surface area (Å²) in [7, 11) is 0. The number of aromatic nitrogens is 1.